The molecule has 2 N–H and O–H groups in total. The van der Waals surface area contributed by atoms with Gasteiger partial charge in [0.2, 0.25) is 0 Å². The zero-order valence-corrected chi connectivity index (χ0v) is 12.5. The summed E-state index contributed by atoms with van der Waals surface area (Å²) in [5.41, 5.74) is 0. The van der Waals surface area contributed by atoms with Crippen molar-refractivity contribution in [1.82, 2.24) is 4.98 Å². The van der Waals surface area contributed by atoms with E-state index in [0.29, 0.717) is 18.8 Å². The van der Waals surface area contributed by atoms with E-state index in [0.717, 1.165) is 12.7 Å². The lowest BCUT2D eigenvalue weighted by Crippen LogP contribution is -2.12. The molecule has 0 fully saturated rings. The number of nitrogens with zero attached hydrogens (tertiary/aromatic N) is 1. The number of hydrogen-bond acceptors (Lipinski definition) is 5. The number of aromatic nitrogens is 1. The molecule has 1 aromatic rings. The Kier molecular flexibility index (Phi) is 5.94. The number of carboxylic acids is 1. The summed E-state index contributed by atoms with van der Waals surface area (Å²) in [7, 11) is -3.31. The molecule has 1 rings (SSSR count). The first-order valence-corrected chi connectivity index (χ1v) is 8.30. The predicted molar refractivity (Wildman–Crippen MR) is 76.5 cm³/mol. The Hall–Kier alpha value is -1.63. The van der Waals surface area contributed by atoms with E-state index in [9.17, 15) is 13.2 Å². The van der Waals surface area contributed by atoms with Crippen molar-refractivity contribution in [2.24, 2.45) is 5.92 Å². The number of pyridine rings is 1. The summed E-state index contributed by atoms with van der Waals surface area (Å²) in [6, 6.07) is 3.09. The number of carbonyl (C=O) groups is 1. The molecule has 6 nitrogen and oxygen atoms in total. The Morgan fingerprint density at radius 3 is 2.75 bits per heavy atom. The molecule has 1 aromatic heterocycles. The smallest absolute Gasteiger partial charge is 0.303 e. The molecule has 0 spiro atoms. The van der Waals surface area contributed by atoms with E-state index in [1.807, 2.05) is 6.92 Å². The predicted octanol–water partition coefficient (Wildman–Crippen LogP) is 1.79. The summed E-state index contributed by atoms with van der Waals surface area (Å²) in [6.07, 6.45) is 4.19. The van der Waals surface area contributed by atoms with Crippen molar-refractivity contribution in [3.8, 4) is 0 Å². The molecule has 0 saturated heterocycles. The Morgan fingerprint density at radius 2 is 2.15 bits per heavy atom. The molecule has 1 atom stereocenters. The van der Waals surface area contributed by atoms with Crippen LogP contribution < -0.4 is 5.32 Å². The maximum atomic E-state index is 11.6. The molecule has 7 heteroatoms. The summed E-state index contributed by atoms with van der Waals surface area (Å²) in [4.78, 5) is 14.7. The van der Waals surface area contributed by atoms with Crippen molar-refractivity contribution >= 4 is 21.6 Å². The lowest BCUT2D eigenvalue weighted by molar-refractivity contribution is -0.137. The molecule has 20 heavy (non-hydrogen) atoms. The average molecular weight is 300 g/mol. The third-order valence-electron chi connectivity index (χ3n) is 2.95. The first kappa shape index (κ1) is 16.4. The van der Waals surface area contributed by atoms with Crippen LogP contribution in [0.1, 0.15) is 26.2 Å². The van der Waals surface area contributed by atoms with E-state index in [2.05, 4.69) is 10.3 Å². The van der Waals surface area contributed by atoms with E-state index >= 15 is 0 Å². The molecule has 0 radical (unpaired) electrons. The van der Waals surface area contributed by atoms with Gasteiger partial charge in [-0.3, -0.25) is 4.79 Å². The minimum absolute atomic E-state index is 0.152. The summed E-state index contributed by atoms with van der Waals surface area (Å²) >= 11 is 0. The first-order valence-electron chi connectivity index (χ1n) is 6.41. The van der Waals surface area contributed by atoms with E-state index in [-0.39, 0.29) is 17.2 Å². The van der Waals surface area contributed by atoms with Gasteiger partial charge < -0.3 is 10.4 Å². The molecule has 0 saturated carbocycles. The largest absolute Gasteiger partial charge is 0.481 e. The van der Waals surface area contributed by atoms with E-state index in [1.165, 1.54) is 12.3 Å². The lowest BCUT2D eigenvalue weighted by atomic mass is 10.0. The molecular weight excluding hydrogens is 280 g/mol. The van der Waals surface area contributed by atoms with Gasteiger partial charge in [-0.2, -0.15) is 0 Å². The van der Waals surface area contributed by atoms with E-state index in [1.54, 1.807) is 6.07 Å². The highest BCUT2D eigenvalue weighted by atomic mass is 32.2. The van der Waals surface area contributed by atoms with Gasteiger partial charge in [-0.05, 0) is 30.9 Å². The van der Waals surface area contributed by atoms with E-state index in [4.69, 9.17) is 5.11 Å². The Bertz CT molecular complexity index is 557. The van der Waals surface area contributed by atoms with Gasteiger partial charge in [0.05, 0.1) is 0 Å². The van der Waals surface area contributed by atoms with Gasteiger partial charge >= 0.3 is 5.97 Å². The minimum Gasteiger partial charge on any atom is -0.481 e. The maximum Gasteiger partial charge on any atom is 0.303 e. The summed E-state index contributed by atoms with van der Waals surface area (Å²) < 4.78 is 23.2. The fourth-order valence-electron chi connectivity index (χ4n) is 1.77. The van der Waals surface area contributed by atoms with Crippen LogP contribution in [0.5, 0.6) is 0 Å². The monoisotopic (exact) mass is 300 g/mol. The van der Waals surface area contributed by atoms with E-state index < -0.39 is 15.8 Å². The topological polar surface area (TPSA) is 96.4 Å². The fraction of sp³-hybridized carbons (Fsp3) is 0.538. The number of anilines is 1. The summed E-state index contributed by atoms with van der Waals surface area (Å²) in [5, 5.41) is 11.6. The number of hydrogen-bond donors (Lipinski definition) is 2. The van der Waals surface area contributed by atoms with Gasteiger partial charge in [0.15, 0.2) is 9.84 Å². The number of carboxylic acid groups (broad SMARTS) is 1. The van der Waals surface area contributed by atoms with Crippen LogP contribution in [-0.2, 0) is 14.6 Å². The third kappa shape index (κ3) is 5.56. The molecule has 1 heterocycles. The highest BCUT2D eigenvalue weighted by Gasteiger charge is 2.13. The summed E-state index contributed by atoms with van der Waals surface area (Å²) in [5.74, 6) is -0.196. The lowest BCUT2D eigenvalue weighted by Gasteiger charge is -2.12. The quantitative estimate of drug-likeness (QED) is 0.759. The standard InChI is InChI=1S/C13H20N2O4S/c1-10(5-6-12(16)17)7-9-15-13-11(20(2,18)19)4-3-8-14-13/h3-4,8,10H,5-7,9H2,1-2H3,(H,14,15)(H,16,17). The van der Waals surface area contributed by atoms with Crippen LogP contribution in [0.15, 0.2) is 23.2 Å². The van der Waals surface area contributed by atoms with Crippen LogP contribution >= 0.6 is 0 Å². The highest BCUT2D eigenvalue weighted by molar-refractivity contribution is 7.90. The van der Waals surface area contributed by atoms with Crippen molar-refractivity contribution in [2.45, 2.75) is 31.1 Å². The van der Waals surface area contributed by atoms with Crippen LogP contribution in [0.4, 0.5) is 5.82 Å². The van der Waals surface area contributed by atoms with Crippen molar-refractivity contribution in [3.63, 3.8) is 0 Å². The molecule has 0 aliphatic heterocycles. The van der Waals surface area contributed by atoms with Crippen LogP contribution in [0, 0.1) is 5.92 Å². The number of sulfone groups is 1. The van der Waals surface area contributed by atoms with Gasteiger partial charge in [-0.1, -0.05) is 6.92 Å². The second-order valence-electron chi connectivity index (χ2n) is 4.88. The maximum absolute atomic E-state index is 11.6. The van der Waals surface area contributed by atoms with Crippen molar-refractivity contribution < 1.29 is 18.3 Å². The molecule has 0 bridgehead atoms. The second kappa shape index (κ2) is 7.23. The highest BCUT2D eigenvalue weighted by Crippen LogP contribution is 2.18. The average Bonchev–Trinajstić information content (AvgIpc) is 2.36. The van der Waals surface area contributed by atoms with Gasteiger partial charge in [-0.15, -0.1) is 0 Å². The van der Waals surface area contributed by atoms with Crippen molar-refractivity contribution in [1.29, 1.82) is 0 Å². The molecule has 112 valence electrons. The Balaban J connectivity index is 2.53. The SMILES string of the molecule is CC(CCNc1ncccc1S(C)(=O)=O)CCC(=O)O. The minimum atomic E-state index is -3.31. The van der Waals surface area contributed by atoms with Gasteiger partial charge in [-0.25, -0.2) is 13.4 Å². The third-order valence-corrected chi connectivity index (χ3v) is 4.08. The number of rotatable bonds is 8. The molecule has 0 aliphatic carbocycles. The second-order valence-corrected chi connectivity index (χ2v) is 6.86. The van der Waals surface area contributed by atoms with Crippen molar-refractivity contribution in [3.05, 3.63) is 18.3 Å². The normalized spacial score (nSPS) is 12.9. The summed E-state index contributed by atoms with van der Waals surface area (Å²) in [6.45, 7) is 2.53. The van der Waals surface area contributed by atoms with Gasteiger partial charge in [0.25, 0.3) is 0 Å². The first-order chi connectivity index (χ1) is 9.30. The number of aliphatic carboxylic acids is 1. The molecule has 0 aliphatic rings. The van der Waals surface area contributed by atoms with Crippen LogP contribution in [-0.4, -0.2) is 37.3 Å². The van der Waals surface area contributed by atoms with Crippen LogP contribution in [0.3, 0.4) is 0 Å². The Morgan fingerprint density at radius 1 is 1.45 bits per heavy atom. The van der Waals surface area contributed by atoms with Gasteiger partial charge in [0, 0.05) is 25.4 Å². The van der Waals surface area contributed by atoms with Crippen LogP contribution in [0.2, 0.25) is 0 Å². The Labute approximate surface area is 119 Å². The molecular formula is C13H20N2O4S. The molecule has 0 aromatic carbocycles. The zero-order valence-electron chi connectivity index (χ0n) is 11.7. The number of nitrogens with one attached hydrogen (secondary N) is 1. The molecule has 1 unspecified atom stereocenters. The zero-order chi connectivity index (χ0) is 15.2. The van der Waals surface area contributed by atoms with Gasteiger partial charge in [0.1, 0.15) is 10.7 Å². The van der Waals surface area contributed by atoms with Crippen LogP contribution in [0.25, 0.3) is 0 Å². The molecule has 0 amide bonds. The fourth-order valence-corrected chi connectivity index (χ4v) is 2.58. The van der Waals surface area contributed by atoms with Crippen molar-refractivity contribution in [2.75, 3.05) is 18.1 Å².